The average Bonchev–Trinajstić information content (AvgIpc) is 3.29. The Labute approximate surface area is 219 Å². The van der Waals surface area contributed by atoms with Crippen molar-refractivity contribution in [1.82, 2.24) is 4.90 Å². The van der Waals surface area contributed by atoms with E-state index in [0.717, 1.165) is 10.0 Å². The number of fused-ring (bicyclic) bond motifs is 1. The third kappa shape index (κ3) is 5.63. The minimum absolute atomic E-state index is 0.0453. The van der Waals surface area contributed by atoms with Gasteiger partial charge in [-0.05, 0) is 54.1 Å². The van der Waals surface area contributed by atoms with Gasteiger partial charge in [0, 0.05) is 21.6 Å². The maximum Gasteiger partial charge on any atom is 0.238 e. The van der Waals surface area contributed by atoms with Gasteiger partial charge < -0.3 is 14.8 Å². The first-order chi connectivity index (χ1) is 16.9. The Balaban J connectivity index is 1.41. The minimum Gasteiger partial charge on any atom is -0.454 e. The van der Waals surface area contributed by atoms with Crippen LogP contribution in [0.3, 0.4) is 0 Å². The highest BCUT2D eigenvalue weighted by Gasteiger charge is 2.36. The van der Waals surface area contributed by atoms with Gasteiger partial charge in [0.25, 0.3) is 0 Å². The number of nitrogens with one attached hydrogen (secondary N) is 1. The lowest BCUT2D eigenvalue weighted by Gasteiger charge is -2.32. The highest BCUT2D eigenvalue weighted by molar-refractivity contribution is 9.10. The molecule has 1 atom stereocenters. The van der Waals surface area contributed by atoms with Crippen molar-refractivity contribution in [3.05, 3.63) is 81.8 Å². The summed E-state index contributed by atoms with van der Waals surface area (Å²) in [5.74, 6) is 0.851. The Morgan fingerprint density at radius 1 is 1.11 bits per heavy atom. The maximum atomic E-state index is 13.3. The lowest BCUT2D eigenvalue weighted by atomic mass is 10.1. The van der Waals surface area contributed by atoms with E-state index in [1.807, 2.05) is 30.3 Å². The molecule has 2 heterocycles. The van der Waals surface area contributed by atoms with E-state index in [0.29, 0.717) is 33.1 Å². The molecule has 2 aliphatic heterocycles. The zero-order chi connectivity index (χ0) is 24.4. The second-order valence-corrected chi connectivity index (χ2v) is 10.4. The summed E-state index contributed by atoms with van der Waals surface area (Å²) in [7, 11) is 0. The van der Waals surface area contributed by atoms with E-state index in [1.165, 1.54) is 11.8 Å². The van der Waals surface area contributed by atoms with Gasteiger partial charge in [-0.25, -0.2) is 4.99 Å². The Hall–Kier alpha value is -3.01. The van der Waals surface area contributed by atoms with Gasteiger partial charge in [-0.2, -0.15) is 0 Å². The van der Waals surface area contributed by atoms with Crippen molar-refractivity contribution >= 4 is 67.6 Å². The molecule has 3 aromatic rings. The van der Waals surface area contributed by atoms with Gasteiger partial charge in [-0.1, -0.05) is 57.5 Å². The quantitative estimate of drug-likeness (QED) is 0.406. The number of benzene rings is 3. The number of hydrogen-bond acceptors (Lipinski definition) is 6. The van der Waals surface area contributed by atoms with Gasteiger partial charge in [-0.15, -0.1) is 0 Å². The third-order valence-corrected chi connectivity index (χ3v) is 7.25. The second kappa shape index (κ2) is 10.3. The number of thioether (sulfide) groups is 1. The number of amides is 2. The molecule has 178 valence electrons. The first kappa shape index (κ1) is 23.7. The van der Waals surface area contributed by atoms with Gasteiger partial charge >= 0.3 is 0 Å². The van der Waals surface area contributed by atoms with Crippen molar-refractivity contribution < 1.29 is 19.1 Å². The first-order valence-corrected chi connectivity index (χ1v) is 12.8. The number of nitrogens with zero attached hydrogens (tertiary/aromatic N) is 2. The second-order valence-electron chi connectivity index (χ2n) is 7.85. The molecule has 7 nitrogen and oxygen atoms in total. The van der Waals surface area contributed by atoms with Crippen LogP contribution in [0.25, 0.3) is 0 Å². The van der Waals surface area contributed by atoms with Crippen LogP contribution in [0.2, 0.25) is 5.02 Å². The summed E-state index contributed by atoms with van der Waals surface area (Å²) in [5, 5.41) is 3.22. The van der Waals surface area contributed by atoms with Crippen molar-refractivity contribution in [3.8, 4) is 11.5 Å². The minimum atomic E-state index is -0.632. The molecular formula is C25H19BrClN3O4S. The molecule has 0 radical (unpaired) electrons. The first-order valence-electron chi connectivity index (χ1n) is 10.7. The summed E-state index contributed by atoms with van der Waals surface area (Å²) in [5.41, 5.74) is 2.10. The topological polar surface area (TPSA) is 80.2 Å². The van der Waals surface area contributed by atoms with Gasteiger partial charge in [0.1, 0.15) is 5.25 Å². The molecule has 0 aliphatic carbocycles. The van der Waals surface area contributed by atoms with E-state index in [9.17, 15) is 9.59 Å². The van der Waals surface area contributed by atoms with Crippen LogP contribution in [-0.2, 0) is 16.1 Å². The van der Waals surface area contributed by atoms with Crippen LogP contribution in [0.15, 0.2) is 76.2 Å². The van der Waals surface area contributed by atoms with Crippen LogP contribution in [-0.4, -0.2) is 33.9 Å². The Morgan fingerprint density at radius 2 is 1.94 bits per heavy atom. The molecule has 5 rings (SSSR count). The smallest absolute Gasteiger partial charge is 0.238 e. The fourth-order valence-electron chi connectivity index (χ4n) is 3.66. The summed E-state index contributed by atoms with van der Waals surface area (Å²) in [6.07, 6.45) is 0.0453. The van der Waals surface area contributed by atoms with Crippen LogP contribution >= 0.6 is 39.3 Å². The number of aliphatic imine (C=N–C) groups is 1. The van der Waals surface area contributed by atoms with E-state index in [-0.39, 0.29) is 31.6 Å². The molecule has 0 spiro atoms. The number of amidine groups is 1. The molecule has 1 unspecified atom stereocenters. The molecule has 10 heteroatoms. The molecular weight excluding hydrogens is 554 g/mol. The molecule has 0 saturated carbocycles. The Kier molecular flexibility index (Phi) is 6.99. The maximum absolute atomic E-state index is 13.3. The highest BCUT2D eigenvalue weighted by atomic mass is 79.9. The van der Waals surface area contributed by atoms with Gasteiger partial charge in [0.05, 0.1) is 12.2 Å². The standard InChI is InChI=1S/C25H19BrClN3O4S/c26-16-3-1-5-18(10-16)28-24(32)22-12-23(31)30(13-15-7-8-20-21(9-15)34-14-33-20)25(35-22)29-19-6-2-4-17(27)11-19/h1-11,22H,12-14H2,(H,28,32). The molecule has 2 aliphatic rings. The summed E-state index contributed by atoms with van der Waals surface area (Å²) < 4.78 is 11.7. The molecule has 0 bridgehead atoms. The van der Waals surface area contributed by atoms with Crippen molar-refractivity contribution in [2.75, 3.05) is 12.1 Å². The fraction of sp³-hybridized carbons (Fsp3) is 0.160. The predicted molar refractivity (Wildman–Crippen MR) is 140 cm³/mol. The SMILES string of the molecule is O=C(Nc1cccc(Br)c1)C1CC(=O)N(Cc2ccc3c(c2)OCO3)C(=Nc2cccc(Cl)c2)S1. The van der Waals surface area contributed by atoms with Gasteiger partial charge in [-0.3, -0.25) is 14.5 Å². The van der Waals surface area contributed by atoms with Crippen molar-refractivity contribution in [2.24, 2.45) is 4.99 Å². The van der Waals surface area contributed by atoms with E-state index in [4.69, 9.17) is 26.1 Å². The largest absolute Gasteiger partial charge is 0.454 e. The molecule has 35 heavy (non-hydrogen) atoms. The average molecular weight is 573 g/mol. The third-order valence-electron chi connectivity index (χ3n) is 5.33. The van der Waals surface area contributed by atoms with Crippen LogP contribution < -0.4 is 14.8 Å². The summed E-state index contributed by atoms with van der Waals surface area (Å²) in [4.78, 5) is 32.6. The highest BCUT2D eigenvalue weighted by Crippen LogP contribution is 2.35. The zero-order valence-corrected chi connectivity index (χ0v) is 21.4. The Bertz CT molecular complexity index is 1340. The van der Waals surface area contributed by atoms with Crippen LogP contribution in [0, 0.1) is 0 Å². The normalized spacial score (nSPS) is 18.1. The monoisotopic (exact) mass is 571 g/mol. The summed E-state index contributed by atoms with van der Waals surface area (Å²) in [6, 6.07) is 19.9. The van der Waals surface area contributed by atoms with Gasteiger partial charge in [0.2, 0.25) is 18.6 Å². The fourth-order valence-corrected chi connectivity index (χ4v) is 5.35. The van der Waals surface area contributed by atoms with Crippen molar-refractivity contribution in [2.45, 2.75) is 18.2 Å². The van der Waals surface area contributed by atoms with Crippen molar-refractivity contribution in [3.63, 3.8) is 0 Å². The lowest BCUT2D eigenvalue weighted by molar-refractivity contribution is -0.129. The number of carbonyl (C=O) groups excluding carboxylic acids is 2. The van der Waals surface area contributed by atoms with Crippen LogP contribution in [0.1, 0.15) is 12.0 Å². The van der Waals surface area contributed by atoms with E-state index < -0.39 is 5.25 Å². The summed E-state index contributed by atoms with van der Waals surface area (Å²) >= 11 is 10.8. The molecule has 1 saturated heterocycles. The number of carbonyl (C=O) groups is 2. The lowest BCUT2D eigenvalue weighted by Crippen LogP contribution is -2.44. The number of hydrogen-bond donors (Lipinski definition) is 1. The number of rotatable bonds is 5. The van der Waals surface area contributed by atoms with Crippen molar-refractivity contribution in [1.29, 1.82) is 0 Å². The number of ether oxygens (including phenoxy) is 2. The molecule has 3 aromatic carbocycles. The summed E-state index contributed by atoms with van der Waals surface area (Å²) in [6.45, 7) is 0.454. The molecule has 2 amide bonds. The molecule has 1 fully saturated rings. The Morgan fingerprint density at radius 3 is 2.77 bits per heavy atom. The van der Waals surface area contributed by atoms with Crippen LogP contribution in [0.5, 0.6) is 11.5 Å². The van der Waals surface area contributed by atoms with E-state index >= 15 is 0 Å². The van der Waals surface area contributed by atoms with Gasteiger partial charge in [0.15, 0.2) is 16.7 Å². The van der Waals surface area contributed by atoms with Crippen LogP contribution in [0.4, 0.5) is 11.4 Å². The number of halogens is 2. The molecule has 0 aromatic heterocycles. The van der Waals surface area contributed by atoms with E-state index in [1.54, 1.807) is 41.3 Å². The number of anilines is 1. The zero-order valence-electron chi connectivity index (χ0n) is 18.2. The molecule has 1 N–H and O–H groups in total. The predicted octanol–water partition coefficient (Wildman–Crippen LogP) is 5.99. The van der Waals surface area contributed by atoms with E-state index in [2.05, 4.69) is 21.2 Å².